The molecule has 0 fully saturated rings. The molecular weight excluding hydrogens is 853 g/mol. The van der Waals surface area contributed by atoms with Crippen LogP contribution in [0.2, 0.25) is 0 Å². The number of allylic oxidation sites excluding steroid dienone is 4. The predicted octanol–water partition coefficient (Wildman–Crippen LogP) is 18.4. The number of hydrogen-bond acceptors (Lipinski definition) is 3. The van der Waals surface area contributed by atoms with Gasteiger partial charge in [-0.25, -0.2) is 4.98 Å². The molecule has 322 valence electrons. The Balaban J connectivity index is 0.824. The first-order chi connectivity index (χ1) is 34.1. The summed E-state index contributed by atoms with van der Waals surface area (Å²) in [6, 6.07) is 78.0. The molecule has 3 heteroatoms. The fraction of sp³-hybridized carbons (Fsp3) is 0.0303. The van der Waals surface area contributed by atoms with Crippen LogP contribution in [-0.4, -0.2) is 9.97 Å². The van der Waals surface area contributed by atoms with Crippen molar-refractivity contribution in [1.82, 2.24) is 9.97 Å². The fourth-order valence-corrected chi connectivity index (χ4v) is 12.0. The molecule has 13 aromatic rings. The molecule has 2 heterocycles. The van der Waals surface area contributed by atoms with Gasteiger partial charge in [-0.1, -0.05) is 188 Å². The summed E-state index contributed by atoms with van der Waals surface area (Å²) in [5.41, 5.74) is 15.0. The van der Waals surface area contributed by atoms with E-state index >= 15 is 0 Å². The zero-order valence-corrected chi connectivity index (χ0v) is 38.4. The SMILES string of the molecule is C1=CC(c2ccc(-c3cc(-c4ccc5ccccc5c4)cc4c3sc3ccc(-c5ccc6ccccc6c5)cc34)cc2)=CC(c2cccc(-c3cnc4c5ccccc5c5ccccc5c4n3)c2)C1. The smallest absolute Gasteiger partial charge is 0.0979 e. The van der Waals surface area contributed by atoms with Gasteiger partial charge in [0.1, 0.15) is 0 Å². The van der Waals surface area contributed by atoms with Gasteiger partial charge in [0, 0.05) is 48.0 Å². The van der Waals surface area contributed by atoms with Gasteiger partial charge in [-0.15, -0.1) is 11.3 Å². The molecular formula is C66H42N2S. The zero-order valence-electron chi connectivity index (χ0n) is 37.6. The second kappa shape index (κ2) is 16.1. The van der Waals surface area contributed by atoms with E-state index in [1.165, 1.54) is 103 Å². The number of thiophene rings is 1. The molecule has 1 unspecified atom stereocenters. The lowest BCUT2D eigenvalue weighted by Crippen LogP contribution is -2.00. The zero-order chi connectivity index (χ0) is 45.4. The maximum Gasteiger partial charge on any atom is 0.0979 e. The summed E-state index contributed by atoms with van der Waals surface area (Å²) in [4.78, 5) is 10.4. The van der Waals surface area contributed by atoms with Crippen molar-refractivity contribution in [2.45, 2.75) is 12.3 Å². The van der Waals surface area contributed by atoms with Gasteiger partial charge in [-0.05, 0) is 126 Å². The van der Waals surface area contributed by atoms with Gasteiger partial charge < -0.3 is 0 Å². The number of nitrogens with zero attached hydrogens (tertiary/aromatic N) is 2. The van der Waals surface area contributed by atoms with Crippen LogP contribution in [0.1, 0.15) is 23.5 Å². The highest BCUT2D eigenvalue weighted by molar-refractivity contribution is 7.26. The van der Waals surface area contributed by atoms with Crippen LogP contribution in [0.5, 0.6) is 0 Å². The van der Waals surface area contributed by atoms with Crippen LogP contribution in [0.3, 0.4) is 0 Å². The minimum atomic E-state index is 0.235. The van der Waals surface area contributed by atoms with Gasteiger partial charge in [0.2, 0.25) is 0 Å². The fourth-order valence-electron chi connectivity index (χ4n) is 10.8. The van der Waals surface area contributed by atoms with Crippen molar-refractivity contribution < 1.29 is 0 Å². The summed E-state index contributed by atoms with van der Waals surface area (Å²) in [5.74, 6) is 0.235. The van der Waals surface area contributed by atoms with E-state index in [0.29, 0.717) is 0 Å². The Bertz CT molecular complexity index is 4250. The Morgan fingerprint density at radius 2 is 1.00 bits per heavy atom. The van der Waals surface area contributed by atoms with E-state index in [2.05, 4.69) is 231 Å². The molecule has 0 N–H and O–H groups in total. The summed E-state index contributed by atoms with van der Waals surface area (Å²) in [7, 11) is 0. The van der Waals surface area contributed by atoms with Gasteiger partial charge in [-0.3, -0.25) is 4.98 Å². The maximum atomic E-state index is 5.31. The maximum absolute atomic E-state index is 5.31. The molecule has 69 heavy (non-hydrogen) atoms. The van der Waals surface area contributed by atoms with Gasteiger partial charge in [0.15, 0.2) is 0 Å². The first-order valence-corrected chi connectivity index (χ1v) is 24.6. The van der Waals surface area contributed by atoms with Crippen molar-refractivity contribution in [3.63, 3.8) is 0 Å². The summed E-state index contributed by atoms with van der Waals surface area (Å²) >= 11 is 1.90. The Kier molecular flexibility index (Phi) is 9.24. The molecule has 0 radical (unpaired) electrons. The van der Waals surface area contributed by atoms with Gasteiger partial charge in [0.25, 0.3) is 0 Å². The molecule has 1 atom stereocenters. The average Bonchev–Trinajstić information content (AvgIpc) is 3.80. The van der Waals surface area contributed by atoms with E-state index in [-0.39, 0.29) is 5.92 Å². The molecule has 0 amide bonds. The third-order valence-corrected chi connectivity index (χ3v) is 15.6. The molecule has 2 aromatic heterocycles. The van der Waals surface area contributed by atoms with Gasteiger partial charge in [0.05, 0.1) is 22.9 Å². The lowest BCUT2D eigenvalue weighted by Gasteiger charge is -2.19. The van der Waals surface area contributed by atoms with Crippen molar-refractivity contribution in [2.24, 2.45) is 0 Å². The van der Waals surface area contributed by atoms with E-state index in [1.807, 2.05) is 17.5 Å². The molecule has 14 rings (SSSR count). The van der Waals surface area contributed by atoms with Crippen molar-refractivity contribution in [3.8, 4) is 44.6 Å². The Morgan fingerprint density at radius 3 is 1.74 bits per heavy atom. The van der Waals surface area contributed by atoms with Crippen molar-refractivity contribution in [2.75, 3.05) is 0 Å². The standard InChI is InChI=1S/C66H42N2S/c1-3-13-45-34-50(29-25-41(45)11-1)52-31-32-63-60(37-52)61-39-54(51-30-26-42-12-2-4-14-46(42)35-51)38-59(66(61)69-63)44-27-23-43(24-28-44)47-15-9-16-48(33-47)49-17-10-18-53(36-49)62-40-67-64-57-21-7-5-19-55(57)56-20-6-8-22-58(56)65(64)68-62/h1-15,17-40,48H,16H2. The first kappa shape index (κ1) is 39.6. The summed E-state index contributed by atoms with van der Waals surface area (Å²) < 4.78 is 2.61. The van der Waals surface area contributed by atoms with Crippen molar-refractivity contribution in [1.29, 1.82) is 0 Å². The molecule has 0 saturated heterocycles. The molecule has 1 aliphatic carbocycles. The topological polar surface area (TPSA) is 25.8 Å². The second-order valence-corrected chi connectivity index (χ2v) is 19.5. The summed E-state index contributed by atoms with van der Waals surface area (Å²) in [6.45, 7) is 0. The van der Waals surface area contributed by atoms with Crippen molar-refractivity contribution in [3.05, 3.63) is 248 Å². The van der Waals surface area contributed by atoms with Crippen molar-refractivity contribution >= 4 is 91.2 Å². The minimum absolute atomic E-state index is 0.235. The molecule has 0 saturated carbocycles. The van der Waals surface area contributed by atoms with Crippen LogP contribution >= 0.6 is 11.3 Å². The molecule has 0 aliphatic heterocycles. The quantitative estimate of drug-likeness (QED) is 0.155. The number of aromatic nitrogens is 2. The number of benzene rings is 11. The highest BCUT2D eigenvalue weighted by atomic mass is 32.1. The lowest BCUT2D eigenvalue weighted by molar-refractivity contribution is 0.857. The number of rotatable bonds is 6. The Labute approximate surface area is 403 Å². The largest absolute Gasteiger partial charge is 0.252 e. The van der Waals surface area contributed by atoms with E-state index in [4.69, 9.17) is 9.97 Å². The molecule has 0 bridgehead atoms. The predicted molar refractivity (Wildman–Crippen MR) is 295 cm³/mol. The first-order valence-electron chi connectivity index (χ1n) is 23.8. The summed E-state index contributed by atoms with van der Waals surface area (Å²) in [5, 5.41) is 12.3. The third-order valence-electron chi connectivity index (χ3n) is 14.4. The van der Waals surface area contributed by atoms with Crippen LogP contribution in [0.4, 0.5) is 0 Å². The lowest BCUT2D eigenvalue weighted by atomic mass is 9.86. The third kappa shape index (κ3) is 6.85. The Hall–Kier alpha value is -8.50. The van der Waals surface area contributed by atoms with Crippen LogP contribution in [0.25, 0.3) is 125 Å². The highest BCUT2D eigenvalue weighted by Crippen LogP contribution is 2.45. The van der Waals surface area contributed by atoms with E-state index in [0.717, 1.165) is 39.5 Å². The molecule has 1 aliphatic rings. The van der Waals surface area contributed by atoms with E-state index in [9.17, 15) is 0 Å². The average molecular weight is 895 g/mol. The summed E-state index contributed by atoms with van der Waals surface area (Å²) in [6.07, 6.45) is 9.95. The van der Waals surface area contributed by atoms with Crippen LogP contribution in [0, 0.1) is 0 Å². The van der Waals surface area contributed by atoms with Crippen LogP contribution < -0.4 is 0 Å². The monoisotopic (exact) mass is 894 g/mol. The van der Waals surface area contributed by atoms with Crippen LogP contribution in [-0.2, 0) is 0 Å². The molecule has 2 nitrogen and oxygen atoms in total. The van der Waals surface area contributed by atoms with Crippen LogP contribution in [0.15, 0.2) is 237 Å². The van der Waals surface area contributed by atoms with E-state index < -0.39 is 0 Å². The van der Waals surface area contributed by atoms with E-state index in [1.54, 1.807) is 0 Å². The highest BCUT2D eigenvalue weighted by Gasteiger charge is 2.19. The Morgan fingerprint density at radius 1 is 0.406 bits per heavy atom. The number of hydrogen-bond donors (Lipinski definition) is 0. The molecule has 0 spiro atoms. The van der Waals surface area contributed by atoms with Gasteiger partial charge in [-0.2, -0.15) is 0 Å². The molecule has 11 aromatic carbocycles. The normalized spacial score (nSPS) is 13.9. The number of fused-ring (bicyclic) bond motifs is 11. The van der Waals surface area contributed by atoms with Gasteiger partial charge >= 0.3 is 0 Å². The minimum Gasteiger partial charge on any atom is -0.252 e. The second-order valence-electron chi connectivity index (χ2n) is 18.5.